The van der Waals surface area contributed by atoms with Crippen molar-refractivity contribution in [1.29, 1.82) is 5.26 Å². The minimum atomic E-state index is -0.772. The van der Waals surface area contributed by atoms with Crippen LogP contribution in [0.2, 0.25) is 0 Å². The second-order valence-electron chi connectivity index (χ2n) is 7.52. The summed E-state index contributed by atoms with van der Waals surface area (Å²) in [5.41, 5.74) is 6.27. The second-order valence-corrected chi connectivity index (χ2v) is 7.52. The molecular formula is C19H25N5O3. The monoisotopic (exact) mass is 371 g/mol. The Kier molecular flexibility index (Phi) is 5.49. The number of nitrogen functional groups attached to an aromatic ring is 1. The van der Waals surface area contributed by atoms with Gasteiger partial charge in [-0.1, -0.05) is 12.8 Å². The molecule has 8 heteroatoms. The number of carbonyl (C=O) groups excluding carboxylic acids is 2. The van der Waals surface area contributed by atoms with Crippen molar-refractivity contribution >= 4 is 17.5 Å². The van der Waals surface area contributed by atoms with Gasteiger partial charge < -0.3 is 20.9 Å². The van der Waals surface area contributed by atoms with E-state index in [0.717, 1.165) is 12.8 Å². The molecule has 1 saturated carbocycles. The molecule has 0 aromatic carbocycles. The third-order valence-corrected chi connectivity index (χ3v) is 5.42. The molecule has 1 aromatic heterocycles. The third kappa shape index (κ3) is 4.30. The first-order valence-corrected chi connectivity index (χ1v) is 9.35. The molecule has 0 spiro atoms. The molecule has 144 valence electrons. The Labute approximate surface area is 157 Å². The average Bonchev–Trinajstić information content (AvgIpc) is 3.39. The highest BCUT2D eigenvalue weighted by Gasteiger charge is 2.33. The summed E-state index contributed by atoms with van der Waals surface area (Å²) in [6.07, 6.45) is 5.12. The van der Waals surface area contributed by atoms with Crippen LogP contribution in [0.15, 0.2) is 17.1 Å². The zero-order valence-electron chi connectivity index (χ0n) is 15.4. The van der Waals surface area contributed by atoms with Gasteiger partial charge in [-0.2, -0.15) is 5.26 Å². The quantitative estimate of drug-likeness (QED) is 0.647. The number of carbonyl (C=O) groups is 2. The number of nitrogens with one attached hydrogen (secondary N) is 2. The fraction of sp³-hybridized carbons (Fsp3) is 0.579. The van der Waals surface area contributed by atoms with Crippen LogP contribution in [0.3, 0.4) is 0 Å². The molecular weight excluding hydrogens is 346 g/mol. The van der Waals surface area contributed by atoms with Gasteiger partial charge in [0.25, 0.3) is 5.56 Å². The molecule has 1 aliphatic heterocycles. The smallest absolute Gasteiger partial charge is 0.274 e. The lowest BCUT2D eigenvalue weighted by Gasteiger charge is -2.22. The summed E-state index contributed by atoms with van der Waals surface area (Å²) in [5.74, 6) is -0.329. The van der Waals surface area contributed by atoms with Crippen LogP contribution in [0.5, 0.6) is 0 Å². The number of hydrogen-bond donors (Lipinski definition) is 3. The van der Waals surface area contributed by atoms with Gasteiger partial charge in [-0.05, 0) is 43.7 Å². The van der Waals surface area contributed by atoms with Gasteiger partial charge in [0.05, 0.1) is 6.07 Å². The Hall–Kier alpha value is -2.82. The van der Waals surface area contributed by atoms with Crippen molar-refractivity contribution in [3.63, 3.8) is 0 Å². The Morgan fingerprint density at radius 1 is 1.41 bits per heavy atom. The minimum absolute atomic E-state index is 0.0819. The van der Waals surface area contributed by atoms with Crippen molar-refractivity contribution < 1.29 is 9.59 Å². The number of amides is 2. The SMILES string of the molecule is Cc1ccn([C@H](CC2CC2)C(=O)N[C@H](C#N)C[C@@H]2CCNC2=O)c(=O)c1N. The van der Waals surface area contributed by atoms with Crippen LogP contribution in [-0.2, 0) is 9.59 Å². The average molecular weight is 371 g/mol. The number of rotatable bonds is 7. The molecule has 8 nitrogen and oxygen atoms in total. The van der Waals surface area contributed by atoms with Gasteiger partial charge in [-0.25, -0.2) is 0 Å². The first-order valence-electron chi connectivity index (χ1n) is 9.35. The first kappa shape index (κ1) is 19.0. The minimum Gasteiger partial charge on any atom is -0.394 e. The van der Waals surface area contributed by atoms with Crippen molar-refractivity contribution in [3.05, 3.63) is 28.2 Å². The van der Waals surface area contributed by atoms with E-state index in [-0.39, 0.29) is 35.4 Å². The fourth-order valence-corrected chi connectivity index (χ4v) is 3.49. The van der Waals surface area contributed by atoms with Crippen LogP contribution in [-0.4, -0.2) is 29.0 Å². The molecule has 1 aliphatic carbocycles. The Bertz CT molecular complexity index is 837. The number of aromatic nitrogens is 1. The zero-order valence-corrected chi connectivity index (χ0v) is 15.4. The van der Waals surface area contributed by atoms with Crippen molar-refractivity contribution in [2.24, 2.45) is 11.8 Å². The summed E-state index contributed by atoms with van der Waals surface area (Å²) in [4.78, 5) is 37.2. The molecule has 3 rings (SSSR count). The van der Waals surface area contributed by atoms with E-state index in [9.17, 15) is 19.6 Å². The van der Waals surface area contributed by atoms with E-state index in [1.807, 2.05) is 0 Å². The van der Waals surface area contributed by atoms with E-state index in [1.165, 1.54) is 4.57 Å². The van der Waals surface area contributed by atoms with Gasteiger partial charge >= 0.3 is 0 Å². The van der Waals surface area contributed by atoms with Gasteiger partial charge in [0.2, 0.25) is 11.8 Å². The van der Waals surface area contributed by atoms with Gasteiger partial charge in [0, 0.05) is 18.7 Å². The van der Waals surface area contributed by atoms with Crippen LogP contribution in [0.4, 0.5) is 5.69 Å². The lowest BCUT2D eigenvalue weighted by atomic mass is 9.98. The van der Waals surface area contributed by atoms with E-state index in [2.05, 4.69) is 16.7 Å². The lowest BCUT2D eigenvalue weighted by molar-refractivity contribution is -0.126. The van der Waals surface area contributed by atoms with Crippen molar-refractivity contribution in [2.75, 3.05) is 12.3 Å². The standard InChI is InChI=1S/C19H25N5O3/c1-11-5-7-24(19(27)16(11)21)15(8-12-2-3-12)18(26)23-14(10-20)9-13-4-6-22-17(13)25/h5,7,12-15H,2-4,6,8-9,21H2,1H3,(H,22,25)(H,23,26)/t13-,14-,15+/m0/s1. The van der Waals surface area contributed by atoms with Crippen molar-refractivity contribution in [1.82, 2.24) is 15.2 Å². The van der Waals surface area contributed by atoms with E-state index in [4.69, 9.17) is 5.73 Å². The van der Waals surface area contributed by atoms with Gasteiger partial charge in [-0.15, -0.1) is 0 Å². The number of anilines is 1. The molecule has 2 heterocycles. The Balaban J connectivity index is 1.77. The molecule has 2 fully saturated rings. The molecule has 0 unspecified atom stereocenters. The Morgan fingerprint density at radius 3 is 2.74 bits per heavy atom. The highest BCUT2D eigenvalue weighted by atomic mass is 16.2. The van der Waals surface area contributed by atoms with Gasteiger partial charge in [0.15, 0.2) is 0 Å². The van der Waals surface area contributed by atoms with E-state index < -0.39 is 12.1 Å². The molecule has 3 atom stereocenters. The topological polar surface area (TPSA) is 130 Å². The second kappa shape index (κ2) is 7.82. The molecule has 2 aliphatic rings. The molecule has 1 aromatic rings. The predicted molar refractivity (Wildman–Crippen MR) is 99.5 cm³/mol. The third-order valence-electron chi connectivity index (χ3n) is 5.42. The highest BCUT2D eigenvalue weighted by molar-refractivity contribution is 5.82. The predicted octanol–water partition coefficient (Wildman–Crippen LogP) is 0.615. The number of hydrogen-bond acceptors (Lipinski definition) is 5. The maximum Gasteiger partial charge on any atom is 0.274 e. The van der Waals surface area contributed by atoms with Crippen molar-refractivity contribution in [2.45, 2.75) is 51.1 Å². The van der Waals surface area contributed by atoms with Crippen LogP contribution in [0.1, 0.15) is 43.7 Å². The van der Waals surface area contributed by atoms with Crippen molar-refractivity contribution in [3.8, 4) is 6.07 Å². The van der Waals surface area contributed by atoms with Crippen LogP contribution in [0.25, 0.3) is 0 Å². The molecule has 27 heavy (non-hydrogen) atoms. The zero-order chi connectivity index (χ0) is 19.6. The molecule has 0 radical (unpaired) electrons. The molecule has 4 N–H and O–H groups in total. The van der Waals surface area contributed by atoms with Crippen LogP contribution < -0.4 is 21.9 Å². The Morgan fingerprint density at radius 2 is 2.15 bits per heavy atom. The van der Waals surface area contributed by atoms with E-state index in [0.29, 0.717) is 30.9 Å². The summed E-state index contributed by atoms with van der Waals surface area (Å²) in [6, 6.07) is 2.30. The van der Waals surface area contributed by atoms with Crippen LogP contribution in [0, 0.1) is 30.1 Å². The van der Waals surface area contributed by atoms with Gasteiger partial charge in [-0.3, -0.25) is 14.4 Å². The summed E-state index contributed by atoms with van der Waals surface area (Å²) >= 11 is 0. The maximum atomic E-state index is 12.9. The van der Waals surface area contributed by atoms with E-state index in [1.54, 1.807) is 19.2 Å². The number of nitrogens with zero attached hydrogens (tertiary/aromatic N) is 2. The summed E-state index contributed by atoms with van der Waals surface area (Å²) in [7, 11) is 0. The molecule has 2 amide bonds. The largest absolute Gasteiger partial charge is 0.394 e. The highest BCUT2D eigenvalue weighted by Crippen LogP contribution is 2.36. The van der Waals surface area contributed by atoms with Gasteiger partial charge in [0.1, 0.15) is 17.8 Å². The number of nitriles is 1. The summed E-state index contributed by atoms with van der Waals surface area (Å²) in [5, 5.41) is 14.9. The number of aryl methyl sites for hydroxylation is 1. The molecule has 1 saturated heterocycles. The lowest BCUT2D eigenvalue weighted by Crippen LogP contribution is -2.43. The number of pyridine rings is 1. The first-order chi connectivity index (χ1) is 12.9. The number of nitrogens with two attached hydrogens (primary N) is 1. The van der Waals surface area contributed by atoms with E-state index >= 15 is 0 Å². The van der Waals surface area contributed by atoms with Crippen LogP contribution >= 0.6 is 0 Å². The normalized spacial score (nSPS) is 21.2. The fourth-order valence-electron chi connectivity index (χ4n) is 3.49. The molecule has 0 bridgehead atoms. The maximum absolute atomic E-state index is 12.9. The summed E-state index contributed by atoms with van der Waals surface area (Å²) < 4.78 is 1.37. The summed E-state index contributed by atoms with van der Waals surface area (Å²) in [6.45, 7) is 2.34.